The molecule has 0 saturated carbocycles. The zero-order valence-electron chi connectivity index (χ0n) is 4.59. The molecular weight excluding hydrogens is 136 g/mol. The van der Waals surface area contributed by atoms with E-state index in [0.29, 0.717) is 0 Å². The van der Waals surface area contributed by atoms with E-state index in [4.69, 9.17) is 8.23 Å². The van der Waals surface area contributed by atoms with E-state index in [0.717, 1.165) is 0 Å². The molecule has 1 saturated heterocycles. The molecule has 0 unspecified atom stereocenters. The molecule has 0 aromatic carbocycles. The van der Waals surface area contributed by atoms with Crippen LogP contribution >= 0.6 is 0 Å². The summed E-state index contributed by atoms with van der Waals surface area (Å²) >= 11 is 0. The highest BCUT2D eigenvalue weighted by molar-refractivity contribution is 6.88. The van der Waals surface area contributed by atoms with Crippen molar-refractivity contribution >= 4 is 18.6 Å². The average molecular weight is 144 g/mol. The minimum atomic E-state index is -1.90. The lowest BCUT2D eigenvalue weighted by atomic mass is 11.2. The Kier molecular flexibility index (Phi) is 1.48. The van der Waals surface area contributed by atoms with Gasteiger partial charge in [-0.15, -0.1) is 13.2 Å². The minimum Gasteiger partial charge on any atom is -0.414 e. The molecule has 44 valence electrons. The Morgan fingerprint density at radius 2 is 1.75 bits per heavy atom. The van der Waals surface area contributed by atoms with Crippen molar-refractivity contribution in [1.82, 2.24) is 0 Å². The molecule has 0 bridgehead atoms. The molecule has 0 atom stereocenters. The second kappa shape index (κ2) is 1.98. The summed E-state index contributed by atoms with van der Waals surface area (Å²) in [6.07, 6.45) is 0. The van der Waals surface area contributed by atoms with Crippen LogP contribution in [0.4, 0.5) is 0 Å². The Balaban J connectivity index is 2.57. The van der Waals surface area contributed by atoms with Crippen molar-refractivity contribution in [3.05, 3.63) is 24.6 Å². The lowest BCUT2D eigenvalue weighted by molar-refractivity contribution is 0.303. The van der Waals surface area contributed by atoms with E-state index in [1.165, 1.54) is 0 Å². The molecule has 0 N–H and O–H groups in total. The van der Waals surface area contributed by atoms with Gasteiger partial charge in [0, 0.05) is 0 Å². The summed E-state index contributed by atoms with van der Waals surface area (Å²) < 4.78 is 10.5. The molecule has 0 spiro atoms. The maximum absolute atomic E-state index is 5.24. The third-order valence-electron chi connectivity index (χ3n) is 1.14. The van der Waals surface area contributed by atoms with Crippen LogP contribution in [0.25, 0.3) is 0 Å². The molecule has 4 heteroatoms. The molecule has 0 aliphatic carbocycles. The van der Waals surface area contributed by atoms with Crippen LogP contribution in [0, 0.1) is 0 Å². The summed E-state index contributed by atoms with van der Waals surface area (Å²) in [5.41, 5.74) is 3.49. The van der Waals surface area contributed by atoms with Crippen molar-refractivity contribution in [1.29, 1.82) is 0 Å². The van der Waals surface area contributed by atoms with Gasteiger partial charge < -0.3 is 8.23 Å². The summed E-state index contributed by atoms with van der Waals surface area (Å²) in [4.78, 5) is 0. The fraction of sp³-hybridized carbons (Fsp3) is 0. The Hall–Kier alpha value is -0.166. The van der Waals surface area contributed by atoms with Gasteiger partial charge in [0.2, 0.25) is 0 Å². The lowest BCUT2D eigenvalue weighted by Gasteiger charge is -2.33. The van der Waals surface area contributed by atoms with E-state index in [-0.39, 0.29) is 0 Å². The van der Waals surface area contributed by atoms with E-state index in [2.05, 4.69) is 13.2 Å². The second-order valence-electron chi connectivity index (χ2n) is 1.54. The standard InChI is InChI=1S/C4H8O2Si2/c1-3-8(4-2)5-7-6-8/h3-4H,1-2,7H2. The Bertz CT molecular complexity index is 109. The highest BCUT2D eigenvalue weighted by Gasteiger charge is 2.37. The largest absolute Gasteiger partial charge is 0.414 e. The zero-order valence-corrected chi connectivity index (χ0v) is 7.01. The zero-order chi connectivity index (χ0) is 6.04. The summed E-state index contributed by atoms with van der Waals surface area (Å²) in [5, 5.41) is 0. The van der Waals surface area contributed by atoms with Gasteiger partial charge in [0.05, 0.1) is 0 Å². The Morgan fingerprint density at radius 1 is 1.25 bits per heavy atom. The van der Waals surface area contributed by atoms with Crippen molar-refractivity contribution < 1.29 is 8.23 Å². The molecule has 1 aliphatic heterocycles. The van der Waals surface area contributed by atoms with Gasteiger partial charge in [0.1, 0.15) is 0 Å². The second-order valence-corrected chi connectivity index (χ2v) is 6.34. The van der Waals surface area contributed by atoms with Crippen LogP contribution in [0.1, 0.15) is 0 Å². The van der Waals surface area contributed by atoms with Crippen LogP contribution in [0.5, 0.6) is 0 Å². The van der Waals surface area contributed by atoms with E-state index in [1.54, 1.807) is 11.4 Å². The summed E-state index contributed by atoms with van der Waals surface area (Å²) in [5.74, 6) is 0. The molecule has 0 amide bonds. The normalized spacial score (nSPS) is 23.5. The van der Waals surface area contributed by atoms with Gasteiger partial charge in [0.15, 0.2) is 0 Å². The molecule has 0 aromatic heterocycles. The minimum absolute atomic E-state index is 0.602. The fourth-order valence-electron chi connectivity index (χ4n) is 0.514. The highest BCUT2D eigenvalue weighted by Crippen LogP contribution is 2.16. The van der Waals surface area contributed by atoms with Crippen LogP contribution < -0.4 is 0 Å². The van der Waals surface area contributed by atoms with Gasteiger partial charge in [0.25, 0.3) is 10.0 Å². The maximum Gasteiger partial charge on any atom is 0.372 e. The van der Waals surface area contributed by atoms with Gasteiger partial charge >= 0.3 is 8.56 Å². The molecular formula is C4H8O2Si2. The lowest BCUT2D eigenvalue weighted by Crippen LogP contribution is -2.51. The van der Waals surface area contributed by atoms with Gasteiger partial charge in [-0.3, -0.25) is 0 Å². The molecule has 1 fully saturated rings. The number of hydrogen-bond donors (Lipinski definition) is 0. The van der Waals surface area contributed by atoms with Gasteiger partial charge in [-0.2, -0.15) is 0 Å². The SMILES string of the molecule is C=C[Si]1(C=C)O[SiH2]O1. The van der Waals surface area contributed by atoms with Crippen LogP contribution in [-0.2, 0) is 8.23 Å². The van der Waals surface area contributed by atoms with Crippen LogP contribution in [-0.4, -0.2) is 18.6 Å². The number of rotatable bonds is 2. The predicted molar refractivity (Wildman–Crippen MR) is 36.9 cm³/mol. The molecule has 1 rings (SSSR count). The van der Waals surface area contributed by atoms with Crippen molar-refractivity contribution in [2.45, 2.75) is 0 Å². The smallest absolute Gasteiger partial charge is 0.372 e. The first-order chi connectivity index (χ1) is 3.83. The molecule has 0 radical (unpaired) electrons. The van der Waals surface area contributed by atoms with Crippen LogP contribution in [0.3, 0.4) is 0 Å². The van der Waals surface area contributed by atoms with Gasteiger partial charge in [-0.05, 0) is 11.4 Å². The van der Waals surface area contributed by atoms with Crippen LogP contribution in [0.2, 0.25) is 0 Å². The molecule has 0 aromatic rings. The summed E-state index contributed by atoms with van der Waals surface area (Å²) in [6, 6.07) is 0. The van der Waals surface area contributed by atoms with E-state index in [9.17, 15) is 0 Å². The maximum atomic E-state index is 5.24. The van der Waals surface area contributed by atoms with Crippen molar-refractivity contribution in [2.24, 2.45) is 0 Å². The summed E-state index contributed by atoms with van der Waals surface area (Å²) in [7, 11) is -2.50. The summed E-state index contributed by atoms with van der Waals surface area (Å²) in [6.45, 7) is 7.18. The first-order valence-electron chi connectivity index (χ1n) is 2.38. The van der Waals surface area contributed by atoms with Gasteiger partial charge in [-0.1, -0.05) is 0 Å². The topological polar surface area (TPSA) is 18.5 Å². The first kappa shape index (κ1) is 5.96. The van der Waals surface area contributed by atoms with E-state index in [1.807, 2.05) is 0 Å². The van der Waals surface area contributed by atoms with Crippen molar-refractivity contribution in [2.75, 3.05) is 0 Å². The predicted octanol–water partition coefficient (Wildman–Crippen LogP) is -0.0754. The third kappa shape index (κ3) is 0.712. The molecule has 1 aliphatic rings. The average Bonchev–Trinajstić information content (AvgIpc) is 1.67. The van der Waals surface area contributed by atoms with Crippen molar-refractivity contribution in [3.63, 3.8) is 0 Å². The third-order valence-corrected chi connectivity index (χ3v) is 6.83. The molecule has 2 nitrogen and oxygen atoms in total. The first-order valence-corrected chi connectivity index (χ1v) is 5.51. The monoisotopic (exact) mass is 144 g/mol. The van der Waals surface area contributed by atoms with E-state index < -0.39 is 18.6 Å². The Morgan fingerprint density at radius 3 is 1.75 bits per heavy atom. The molecule has 8 heavy (non-hydrogen) atoms. The number of hydrogen-bond acceptors (Lipinski definition) is 2. The Labute approximate surface area is 52.1 Å². The quantitative estimate of drug-likeness (QED) is 0.505. The fourth-order valence-corrected chi connectivity index (χ4v) is 4.13. The molecule has 1 heterocycles. The van der Waals surface area contributed by atoms with E-state index >= 15 is 0 Å². The van der Waals surface area contributed by atoms with Crippen molar-refractivity contribution in [3.8, 4) is 0 Å². The highest BCUT2D eigenvalue weighted by atomic mass is 28.5. The van der Waals surface area contributed by atoms with Gasteiger partial charge in [-0.25, -0.2) is 0 Å². The van der Waals surface area contributed by atoms with Crippen LogP contribution in [0.15, 0.2) is 24.6 Å².